The molecule has 0 aromatic heterocycles. The normalized spacial score (nSPS) is 11.0. The smallest absolute Gasteiger partial charge is 0.175 e. The first-order chi connectivity index (χ1) is 11.8. The average Bonchev–Trinajstić information content (AvgIpc) is 2.53. The molecule has 2 rings (SSSR count). The summed E-state index contributed by atoms with van der Waals surface area (Å²) in [6.45, 7) is 10.2. The van der Waals surface area contributed by atoms with E-state index in [0.717, 1.165) is 38.7 Å². The molecule has 0 unspecified atom stereocenters. The van der Waals surface area contributed by atoms with Crippen LogP contribution in [0.25, 0.3) is 0 Å². The molecule has 0 saturated heterocycles. The summed E-state index contributed by atoms with van der Waals surface area (Å²) in [6, 6.07) is 11.7. The maximum Gasteiger partial charge on any atom is 0.175 e. The second-order valence-corrected chi connectivity index (χ2v) is 8.15. The lowest BCUT2D eigenvalue weighted by molar-refractivity contribution is 0.267. The van der Waals surface area contributed by atoms with E-state index in [1.54, 1.807) is 0 Å². The van der Waals surface area contributed by atoms with E-state index in [1.807, 2.05) is 37.3 Å². The van der Waals surface area contributed by atoms with Crippen LogP contribution in [-0.4, -0.2) is 12.1 Å². The summed E-state index contributed by atoms with van der Waals surface area (Å²) >= 11 is 9.55. The third kappa shape index (κ3) is 7.36. The Morgan fingerprint density at radius 3 is 2.27 bits per heavy atom. The Balaban J connectivity index is 0.00000338. The van der Waals surface area contributed by atoms with Crippen molar-refractivity contribution in [3.8, 4) is 11.5 Å². The second kappa shape index (κ2) is 10.4. The van der Waals surface area contributed by atoms with Crippen LogP contribution >= 0.6 is 39.9 Å². The minimum atomic E-state index is 0. The number of nitrogens with one attached hydrogen (secondary N) is 1. The van der Waals surface area contributed by atoms with Crippen LogP contribution in [0.1, 0.15) is 38.8 Å². The highest BCUT2D eigenvalue weighted by atomic mass is 79.9. The molecule has 0 spiro atoms. The van der Waals surface area contributed by atoms with Crippen LogP contribution in [0.4, 0.5) is 0 Å². The quantitative estimate of drug-likeness (QED) is 0.516. The van der Waals surface area contributed by atoms with E-state index in [1.165, 1.54) is 0 Å². The highest BCUT2D eigenvalue weighted by Crippen LogP contribution is 2.37. The van der Waals surface area contributed by atoms with Crippen LogP contribution in [0.15, 0.2) is 40.9 Å². The summed E-state index contributed by atoms with van der Waals surface area (Å²) in [7, 11) is 0. The van der Waals surface area contributed by atoms with Gasteiger partial charge in [0.1, 0.15) is 6.61 Å². The standard InChI is InChI=1S/C20H25BrClNO2.ClH/c1-5-24-18-11-15(12-23-20(2,3)4)10-17(21)19(18)25-13-14-6-8-16(22)9-7-14;/h6-11,23H,5,12-13H2,1-4H3;1H. The fourth-order valence-corrected chi connectivity index (χ4v) is 2.96. The number of hydrogen-bond donors (Lipinski definition) is 1. The third-order valence-corrected chi connectivity index (χ3v) is 4.33. The number of benzene rings is 2. The molecule has 2 aromatic rings. The Labute approximate surface area is 176 Å². The Bertz CT molecular complexity index is 700. The van der Waals surface area contributed by atoms with Crippen molar-refractivity contribution in [2.45, 2.75) is 46.4 Å². The predicted octanol–water partition coefficient (Wildman–Crippen LogP) is 6.39. The van der Waals surface area contributed by atoms with Gasteiger partial charge in [0, 0.05) is 17.1 Å². The molecular weight excluding hydrogens is 437 g/mol. The zero-order valence-electron chi connectivity index (χ0n) is 15.6. The summed E-state index contributed by atoms with van der Waals surface area (Å²) in [5.41, 5.74) is 2.25. The molecule has 26 heavy (non-hydrogen) atoms. The molecule has 0 aliphatic heterocycles. The van der Waals surface area contributed by atoms with Crippen LogP contribution in [-0.2, 0) is 13.2 Å². The van der Waals surface area contributed by atoms with Gasteiger partial charge in [0.05, 0.1) is 11.1 Å². The summed E-state index contributed by atoms with van der Waals surface area (Å²) in [5, 5.41) is 4.21. The number of ether oxygens (including phenoxy) is 2. The van der Waals surface area contributed by atoms with Crippen molar-refractivity contribution < 1.29 is 9.47 Å². The van der Waals surface area contributed by atoms with E-state index in [-0.39, 0.29) is 17.9 Å². The Hall–Kier alpha value is -0.940. The van der Waals surface area contributed by atoms with Crippen molar-refractivity contribution in [2.75, 3.05) is 6.61 Å². The fraction of sp³-hybridized carbons (Fsp3) is 0.400. The van der Waals surface area contributed by atoms with E-state index < -0.39 is 0 Å². The van der Waals surface area contributed by atoms with Crippen molar-refractivity contribution in [1.29, 1.82) is 0 Å². The van der Waals surface area contributed by atoms with E-state index in [4.69, 9.17) is 21.1 Å². The molecule has 0 fully saturated rings. The molecule has 0 aliphatic rings. The number of hydrogen-bond acceptors (Lipinski definition) is 3. The molecule has 0 saturated carbocycles. The van der Waals surface area contributed by atoms with Gasteiger partial charge in [0.15, 0.2) is 11.5 Å². The highest BCUT2D eigenvalue weighted by Gasteiger charge is 2.14. The van der Waals surface area contributed by atoms with E-state index in [0.29, 0.717) is 13.2 Å². The number of halogens is 3. The largest absolute Gasteiger partial charge is 0.490 e. The Morgan fingerprint density at radius 2 is 1.69 bits per heavy atom. The molecular formula is C20H26BrCl2NO2. The van der Waals surface area contributed by atoms with Gasteiger partial charge in [0.25, 0.3) is 0 Å². The van der Waals surface area contributed by atoms with Gasteiger partial charge in [-0.1, -0.05) is 23.7 Å². The van der Waals surface area contributed by atoms with Crippen LogP contribution in [0.5, 0.6) is 11.5 Å². The van der Waals surface area contributed by atoms with Crippen molar-refractivity contribution in [2.24, 2.45) is 0 Å². The molecule has 144 valence electrons. The monoisotopic (exact) mass is 461 g/mol. The summed E-state index contributed by atoms with van der Waals surface area (Å²) in [6.07, 6.45) is 0. The van der Waals surface area contributed by atoms with Gasteiger partial charge < -0.3 is 14.8 Å². The van der Waals surface area contributed by atoms with Crippen LogP contribution in [0.2, 0.25) is 5.02 Å². The molecule has 6 heteroatoms. The minimum absolute atomic E-state index is 0. The molecule has 0 amide bonds. The van der Waals surface area contributed by atoms with Crippen molar-refractivity contribution in [3.63, 3.8) is 0 Å². The van der Waals surface area contributed by atoms with Gasteiger partial charge in [-0.3, -0.25) is 0 Å². The van der Waals surface area contributed by atoms with Gasteiger partial charge >= 0.3 is 0 Å². The summed E-state index contributed by atoms with van der Waals surface area (Å²) < 4.78 is 12.7. The SMILES string of the molecule is CCOc1cc(CNC(C)(C)C)cc(Br)c1OCc1ccc(Cl)cc1.Cl. The van der Waals surface area contributed by atoms with E-state index in [9.17, 15) is 0 Å². The first-order valence-corrected chi connectivity index (χ1v) is 9.53. The number of rotatable bonds is 7. The molecule has 0 atom stereocenters. The van der Waals surface area contributed by atoms with Crippen molar-refractivity contribution >= 4 is 39.9 Å². The molecule has 0 bridgehead atoms. The lowest BCUT2D eigenvalue weighted by Gasteiger charge is -2.21. The zero-order chi connectivity index (χ0) is 18.4. The zero-order valence-corrected chi connectivity index (χ0v) is 18.7. The first-order valence-electron chi connectivity index (χ1n) is 8.36. The topological polar surface area (TPSA) is 30.5 Å². The molecule has 2 aromatic carbocycles. The molecule has 1 N–H and O–H groups in total. The van der Waals surface area contributed by atoms with Gasteiger partial charge in [-0.2, -0.15) is 0 Å². The first kappa shape index (κ1) is 23.1. The molecule has 0 aliphatic carbocycles. The maximum absolute atomic E-state index is 6.01. The molecule has 3 nitrogen and oxygen atoms in total. The van der Waals surface area contributed by atoms with E-state index in [2.05, 4.69) is 48.1 Å². The van der Waals surface area contributed by atoms with Crippen LogP contribution < -0.4 is 14.8 Å². The van der Waals surface area contributed by atoms with Gasteiger partial charge in [0.2, 0.25) is 0 Å². The van der Waals surface area contributed by atoms with Gasteiger partial charge in [-0.05, 0) is 79.0 Å². The Morgan fingerprint density at radius 1 is 1.04 bits per heavy atom. The predicted molar refractivity (Wildman–Crippen MR) is 115 cm³/mol. The fourth-order valence-electron chi connectivity index (χ4n) is 2.23. The third-order valence-electron chi connectivity index (χ3n) is 3.49. The van der Waals surface area contributed by atoms with Gasteiger partial charge in [-0.15, -0.1) is 12.4 Å². The van der Waals surface area contributed by atoms with Crippen molar-refractivity contribution in [3.05, 3.63) is 57.0 Å². The lowest BCUT2D eigenvalue weighted by Crippen LogP contribution is -2.35. The van der Waals surface area contributed by atoms with Crippen LogP contribution in [0, 0.1) is 0 Å². The molecule has 0 heterocycles. The van der Waals surface area contributed by atoms with Gasteiger partial charge in [-0.25, -0.2) is 0 Å². The summed E-state index contributed by atoms with van der Waals surface area (Å²) in [5.74, 6) is 1.47. The average molecular weight is 463 g/mol. The Kier molecular flexibility index (Phi) is 9.25. The van der Waals surface area contributed by atoms with Crippen molar-refractivity contribution in [1.82, 2.24) is 5.32 Å². The van der Waals surface area contributed by atoms with E-state index >= 15 is 0 Å². The maximum atomic E-state index is 6.01. The minimum Gasteiger partial charge on any atom is -0.490 e. The second-order valence-electron chi connectivity index (χ2n) is 6.86. The highest BCUT2D eigenvalue weighted by molar-refractivity contribution is 9.10. The lowest BCUT2D eigenvalue weighted by atomic mass is 10.1. The van der Waals surface area contributed by atoms with Crippen LogP contribution in [0.3, 0.4) is 0 Å². The summed E-state index contributed by atoms with van der Waals surface area (Å²) in [4.78, 5) is 0. The molecule has 0 radical (unpaired) electrons.